The molecule has 0 radical (unpaired) electrons. The van der Waals surface area contributed by atoms with Crippen LogP contribution in [-0.4, -0.2) is 19.1 Å². The highest BCUT2D eigenvalue weighted by Crippen LogP contribution is 2.35. The lowest BCUT2D eigenvalue weighted by molar-refractivity contribution is 0.415. The van der Waals surface area contributed by atoms with Gasteiger partial charge in [-0.1, -0.05) is 36.0 Å². The molecular formula is C15H15ClN2OS. The fourth-order valence-corrected chi connectivity index (χ4v) is 2.37. The Bertz CT molecular complexity index is 646. The van der Waals surface area contributed by atoms with Gasteiger partial charge in [-0.3, -0.25) is 0 Å². The lowest BCUT2D eigenvalue weighted by Crippen LogP contribution is -2.18. The summed E-state index contributed by atoms with van der Waals surface area (Å²) < 4.78 is 5.38. The van der Waals surface area contributed by atoms with Crippen LogP contribution in [0.4, 0.5) is 11.4 Å². The highest BCUT2D eigenvalue weighted by Gasteiger charge is 2.14. The van der Waals surface area contributed by atoms with Crippen molar-refractivity contribution >= 4 is 40.2 Å². The largest absolute Gasteiger partial charge is 0.495 e. The van der Waals surface area contributed by atoms with Gasteiger partial charge in [0.05, 0.1) is 18.5 Å². The summed E-state index contributed by atoms with van der Waals surface area (Å²) in [6.07, 6.45) is 0. The van der Waals surface area contributed by atoms with Gasteiger partial charge in [0.1, 0.15) is 10.7 Å². The second-order valence-electron chi connectivity index (χ2n) is 4.26. The molecule has 0 aromatic heterocycles. The van der Waals surface area contributed by atoms with E-state index in [4.69, 9.17) is 34.3 Å². The molecule has 0 atom stereocenters. The molecule has 0 bridgehead atoms. The zero-order valence-electron chi connectivity index (χ0n) is 11.3. The number of rotatable bonds is 4. The van der Waals surface area contributed by atoms with Crippen molar-refractivity contribution in [2.24, 2.45) is 5.73 Å². The Morgan fingerprint density at radius 1 is 1.20 bits per heavy atom. The first kappa shape index (κ1) is 14.6. The minimum Gasteiger partial charge on any atom is -0.495 e. The maximum Gasteiger partial charge on any atom is 0.142 e. The number of hydrogen-bond acceptors (Lipinski definition) is 3. The maximum atomic E-state index is 6.08. The lowest BCUT2D eigenvalue weighted by atomic mass is 10.1. The quantitative estimate of drug-likeness (QED) is 0.873. The van der Waals surface area contributed by atoms with Gasteiger partial charge in [-0.25, -0.2) is 0 Å². The molecule has 2 aromatic carbocycles. The van der Waals surface area contributed by atoms with Crippen molar-refractivity contribution < 1.29 is 4.74 Å². The summed E-state index contributed by atoms with van der Waals surface area (Å²) in [6.45, 7) is 0. The normalized spacial score (nSPS) is 10.2. The number of thiocarbonyl (C=S) groups is 1. The molecule has 0 heterocycles. The highest BCUT2D eigenvalue weighted by molar-refractivity contribution is 7.80. The average Bonchev–Trinajstić information content (AvgIpc) is 2.46. The molecule has 0 aliphatic rings. The summed E-state index contributed by atoms with van der Waals surface area (Å²) in [4.78, 5) is 2.29. The van der Waals surface area contributed by atoms with Crippen molar-refractivity contribution in [1.29, 1.82) is 0 Å². The molecular weight excluding hydrogens is 292 g/mol. The van der Waals surface area contributed by atoms with E-state index in [-0.39, 0.29) is 0 Å². The maximum absolute atomic E-state index is 6.08. The van der Waals surface area contributed by atoms with Crippen LogP contribution in [0.3, 0.4) is 0 Å². The second-order valence-corrected chi connectivity index (χ2v) is 5.13. The molecule has 2 N–H and O–H groups in total. The third kappa shape index (κ3) is 2.86. The van der Waals surface area contributed by atoms with Gasteiger partial charge in [0.25, 0.3) is 0 Å². The highest BCUT2D eigenvalue weighted by atomic mass is 35.5. The Labute approximate surface area is 128 Å². The number of halogens is 1. The van der Waals surface area contributed by atoms with Crippen LogP contribution >= 0.6 is 23.8 Å². The van der Waals surface area contributed by atoms with Crippen molar-refractivity contribution in [1.82, 2.24) is 0 Å². The van der Waals surface area contributed by atoms with Crippen LogP contribution in [0.2, 0.25) is 5.02 Å². The van der Waals surface area contributed by atoms with E-state index in [1.54, 1.807) is 13.2 Å². The van der Waals surface area contributed by atoms with E-state index in [0.717, 1.165) is 22.7 Å². The molecule has 0 spiro atoms. The van der Waals surface area contributed by atoms with Crippen LogP contribution in [0.15, 0.2) is 42.5 Å². The van der Waals surface area contributed by atoms with Crippen molar-refractivity contribution in [3.05, 3.63) is 53.1 Å². The SMILES string of the molecule is COc1ccccc1N(C)c1cc(Cl)ccc1C(N)=S. The van der Waals surface area contributed by atoms with Crippen LogP contribution in [0.25, 0.3) is 0 Å². The lowest BCUT2D eigenvalue weighted by Gasteiger charge is -2.24. The summed E-state index contributed by atoms with van der Waals surface area (Å²) in [5.74, 6) is 0.767. The minimum atomic E-state index is 0.332. The first-order valence-corrected chi connectivity index (χ1v) is 6.79. The fourth-order valence-electron chi connectivity index (χ4n) is 2.03. The van der Waals surface area contributed by atoms with Crippen LogP contribution in [0, 0.1) is 0 Å². The van der Waals surface area contributed by atoms with Gasteiger partial charge >= 0.3 is 0 Å². The third-order valence-corrected chi connectivity index (χ3v) is 3.49. The van der Waals surface area contributed by atoms with Crippen LogP contribution in [0.1, 0.15) is 5.56 Å². The molecule has 3 nitrogen and oxygen atoms in total. The fraction of sp³-hybridized carbons (Fsp3) is 0.133. The van der Waals surface area contributed by atoms with Gasteiger partial charge in [-0.15, -0.1) is 0 Å². The smallest absolute Gasteiger partial charge is 0.142 e. The number of hydrogen-bond donors (Lipinski definition) is 1. The summed E-state index contributed by atoms with van der Waals surface area (Å²) >= 11 is 11.2. The van der Waals surface area contributed by atoms with Crippen molar-refractivity contribution in [2.75, 3.05) is 19.1 Å². The molecule has 0 aliphatic carbocycles. The van der Waals surface area contributed by atoms with Gasteiger partial charge in [-0.2, -0.15) is 0 Å². The van der Waals surface area contributed by atoms with Crippen LogP contribution in [-0.2, 0) is 0 Å². The monoisotopic (exact) mass is 306 g/mol. The zero-order valence-corrected chi connectivity index (χ0v) is 12.8. The van der Waals surface area contributed by atoms with Crippen LogP contribution in [0.5, 0.6) is 5.75 Å². The number of anilines is 2. The predicted molar refractivity (Wildman–Crippen MR) is 88.4 cm³/mol. The van der Waals surface area contributed by atoms with E-state index < -0.39 is 0 Å². The molecule has 0 saturated heterocycles. The number of benzene rings is 2. The van der Waals surface area contributed by atoms with E-state index >= 15 is 0 Å². The first-order valence-electron chi connectivity index (χ1n) is 6.00. The first-order chi connectivity index (χ1) is 9.54. The molecule has 0 fully saturated rings. The van der Waals surface area contributed by atoms with Gasteiger partial charge in [0.15, 0.2) is 0 Å². The number of methoxy groups -OCH3 is 1. The van der Waals surface area contributed by atoms with Gasteiger partial charge in [-0.05, 0) is 30.3 Å². The molecule has 0 aliphatic heterocycles. The summed E-state index contributed by atoms with van der Waals surface area (Å²) in [7, 11) is 3.56. The standard InChI is InChI=1S/C15H15ClN2OS/c1-18(12-5-3-4-6-14(12)19-2)13-9-10(16)7-8-11(13)15(17)20/h3-9H,1-2H3,(H2,17,20). The summed E-state index contributed by atoms with van der Waals surface area (Å²) in [5.41, 5.74) is 8.31. The third-order valence-electron chi connectivity index (χ3n) is 3.03. The van der Waals surface area contributed by atoms with E-state index in [0.29, 0.717) is 10.0 Å². The molecule has 0 amide bonds. The number of ether oxygens (including phenoxy) is 1. The minimum absolute atomic E-state index is 0.332. The molecule has 2 aromatic rings. The Kier molecular flexibility index (Phi) is 4.47. The molecule has 2 rings (SSSR count). The Morgan fingerprint density at radius 3 is 2.55 bits per heavy atom. The Morgan fingerprint density at radius 2 is 1.90 bits per heavy atom. The summed E-state index contributed by atoms with van der Waals surface area (Å²) in [5, 5.41) is 0.627. The predicted octanol–water partition coefficient (Wildman–Crippen LogP) is 3.75. The van der Waals surface area contributed by atoms with Gasteiger partial charge < -0.3 is 15.4 Å². The molecule has 104 valence electrons. The molecule has 0 saturated carbocycles. The van der Waals surface area contributed by atoms with Gasteiger partial charge in [0, 0.05) is 17.6 Å². The zero-order chi connectivity index (χ0) is 14.7. The van der Waals surface area contributed by atoms with E-state index in [2.05, 4.69) is 0 Å². The number of nitrogens with two attached hydrogens (primary N) is 1. The topological polar surface area (TPSA) is 38.5 Å². The second kappa shape index (κ2) is 6.11. The number of nitrogens with zero attached hydrogens (tertiary/aromatic N) is 1. The van der Waals surface area contributed by atoms with Gasteiger partial charge in [0.2, 0.25) is 0 Å². The summed E-state index contributed by atoms with van der Waals surface area (Å²) in [6, 6.07) is 13.2. The molecule has 5 heteroatoms. The molecule has 20 heavy (non-hydrogen) atoms. The van der Waals surface area contributed by atoms with Crippen molar-refractivity contribution in [3.63, 3.8) is 0 Å². The van der Waals surface area contributed by atoms with Crippen molar-refractivity contribution in [3.8, 4) is 5.75 Å². The average molecular weight is 307 g/mol. The molecule has 0 unspecified atom stereocenters. The number of para-hydroxylation sites is 2. The van der Waals surface area contributed by atoms with E-state index in [9.17, 15) is 0 Å². The Balaban J connectivity index is 2.55. The van der Waals surface area contributed by atoms with E-state index in [1.165, 1.54) is 0 Å². The van der Waals surface area contributed by atoms with Crippen molar-refractivity contribution in [2.45, 2.75) is 0 Å². The Hall–Kier alpha value is -1.78. The van der Waals surface area contributed by atoms with Crippen LogP contribution < -0.4 is 15.4 Å². The van der Waals surface area contributed by atoms with E-state index in [1.807, 2.05) is 48.3 Å².